The van der Waals surface area contributed by atoms with Crippen LogP contribution in [0.1, 0.15) is 0 Å². The van der Waals surface area contributed by atoms with Gasteiger partial charge in [0.25, 0.3) is 5.56 Å². The molecule has 0 spiro atoms. The summed E-state index contributed by atoms with van der Waals surface area (Å²) in [6.07, 6.45) is 1.58. The molecule has 2 aromatic heterocycles. The highest BCUT2D eigenvalue weighted by Gasteiger charge is 2.16. The number of hydrogen-bond acceptors (Lipinski definition) is 7. The van der Waals surface area contributed by atoms with Crippen LogP contribution in [-0.2, 0) is 4.79 Å². The topological polar surface area (TPSA) is 95.3 Å². The summed E-state index contributed by atoms with van der Waals surface area (Å²) in [4.78, 5) is 34.6. The van der Waals surface area contributed by atoms with Crippen molar-refractivity contribution in [2.24, 2.45) is 0 Å². The van der Waals surface area contributed by atoms with E-state index < -0.39 is 0 Å². The fraction of sp³-hybridized carbons (Fsp3) is 0.130. The first-order valence-electron chi connectivity index (χ1n) is 9.68. The van der Waals surface area contributed by atoms with Crippen molar-refractivity contribution in [1.29, 1.82) is 0 Å². The molecular weight excluding hydrogens is 428 g/mol. The van der Waals surface area contributed by atoms with E-state index in [1.165, 1.54) is 11.7 Å². The van der Waals surface area contributed by atoms with Crippen molar-refractivity contribution < 1.29 is 14.3 Å². The van der Waals surface area contributed by atoms with Gasteiger partial charge in [-0.25, -0.2) is 9.97 Å². The number of carbonyl (C=O) groups excluding carboxylic acids is 1. The number of pyridine rings is 1. The van der Waals surface area contributed by atoms with Crippen LogP contribution in [-0.4, -0.2) is 40.4 Å². The maximum atomic E-state index is 13.2. The number of thioether (sulfide) groups is 1. The van der Waals surface area contributed by atoms with Gasteiger partial charge in [0, 0.05) is 12.3 Å². The zero-order valence-corrected chi connectivity index (χ0v) is 18.3. The quantitative estimate of drug-likeness (QED) is 0.341. The predicted octanol–water partition coefficient (Wildman–Crippen LogP) is 3.53. The van der Waals surface area contributed by atoms with Gasteiger partial charge in [-0.3, -0.25) is 14.2 Å². The maximum absolute atomic E-state index is 13.2. The van der Waals surface area contributed by atoms with Crippen LogP contribution in [0.15, 0.2) is 76.8 Å². The Kier molecular flexibility index (Phi) is 6.37. The molecule has 0 atom stereocenters. The van der Waals surface area contributed by atoms with Crippen LogP contribution in [0.3, 0.4) is 0 Å². The van der Waals surface area contributed by atoms with Crippen LogP contribution in [0.25, 0.3) is 16.7 Å². The van der Waals surface area contributed by atoms with Crippen LogP contribution < -0.4 is 20.3 Å². The average Bonchev–Trinajstić information content (AvgIpc) is 2.83. The number of aromatic nitrogens is 3. The normalized spacial score (nSPS) is 10.7. The van der Waals surface area contributed by atoms with E-state index in [1.807, 2.05) is 30.3 Å². The van der Waals surface area contributed by atoms with Gasteiger partial charge in [-0.1, -0.05) is 30.0 Å². The van der Waals surface area contributed by atoms with Crippen LogP contribution in [0, 0.1) is 0 Å². The van der Waals surface area contributed by atoms with E-state index in [-0.39, 0.29) is 17.2 Å². The van der Waals surface area contributed by atoms with Crippen LogP contribution in [0.4, 0.5) is 5.69 Å². The van der Waals surface area contributed by atoms with Gasteiger partial charge in [0.2, 0.25) is 5.91 Å². The summed E-state index contributed by atoms with van der Waals surface area (Å²) in [6.45, 7) is 0. The molecule has 0 bridgehead atoms. The minimum absolute atomic E-state index is 0.0258. The van der Waals surface area contributed by atoms with E-state index in [4.69, 9.17) is 9.47 Å². The molecule has 162 valence electrons. The van der Waals surface area contributed by atoms with E-state index in [2.05, 4.69) is 15.3 Å². The molecule has 0 aliphatic carbocycles. The summed E-state index contributed by atoms with van der Waals surface area (Å²) in [6, 6.07) is 17.7. The Morgan fingerprint density at radius 3 is 2.62 bits per heavy atom. The number of fused-ring (bicyclic) bond motifs is 1. The molecule has 0 saturated carbocycles. The second-order valence-electron chi connectivity index (χ2n) is 6.65. The van der Waals surface area contributed by atoms with Gasteiger partial charge >= 0.3 is 0 Å². The number of ether oxygens (including phenoxy) is 2. The number of nitrogens with zero attached hydrogens (tertiary/aromatic N) is 3. The number of carbonyl (C=O) groups is 1. The highest BCUT2D eigenvalue weighted by molar-refractivity contribution is 7.99. The molecule has 1 amide bonds. The second-order valence-corrected chi connectivity index (χ2v) is 7.59. The summed E-state index contributed by atoms with van der Waals surface area (Å²) in [5.74, 6) is 0.849. The molecular formula is C23H20N4O4S. The minimum atomic E-state index is -0.281. The number of hydrogen-bond donors (Lipinski definition) is 1. The lowest BCUT2D eigenvalue weighted by Gasteiger charge is -2.14. The third-order valence-electron chi connectivity index (χ3n) is 4.64. The highest BCUT2D eigenvalue weighted by Crippen LogP contribution is 2.29. The number of anilines is 1. The monoisotopic (exact) mass is 448 g/mol. The molecule has 0 radical (unpaired) electrons. The van der Waals surface area contributed by atoms with Crippen molar-refractivity contribution in [2.45, 2.75) is 5.16 Å². The summed E-state index contributed by atoms with van der Waals surface area (Å²) >= 11 is 1.15. The summed E-state index contributed by atoms with van der Waals surface area (Å²) in [7, 11) is 3.07. The number of amides is 1. The van der Waals surface area contributed by atoms with Gasteiger partial charge in [-0.15, -0.1) is 0 Å². The smallest absolute Gasteiger partial charge is 0.268 e. The van der Waals surface area contributed by atoms with Gasteiger partial charge in [0.1, 0.15) is 11.5 Å². The molecule has 1 N–H and O–H groups in total. The second kappa shape index (κ2) is 9.52. The number of benzene rings is 2. The van der Waals surface area contributed by atoms with Crippen LogP contribution >= 0.6 is 11.8 Å². The lowest BCUT2D eigenvalue weighted by molar-refractivity contribution is -0.113. The predicted molar refractivity (Wildman–Crippen MR) is 124 cm³/mol. The summed E-state index contributed by atoms with van der Waals surface area (Å²) < 4.78 is 12.0. The van der Waals surface area contributed by atoms with Crippen molar-refractivity contribution >= 4 is 34.4 Å². The summed E-state index contributed by atoms with van der Waals surface area (Å²) in [5.41, 5.74) is 1.24. The molecule has 32 heavy (non-hydrogen) atoms. The molecule has 0 aliphatic heterocycles. The fourth-order valence-electron chi connectivity index (χ4n) is 3.13. The zero-order valence-electron chi connectivity index (χ0n) is 17.4. The Bertz CT molecular complexity index is 1320. The highest BCUT2D eigenvalue weighted by atomic mass is 32.2. The van der Waals surface area contributed by atoms with E-state index in [1.54, 1.807) is 43.6 Å². The van der Waals surface area contributed by atoms with Gasteiger partial charge in [0.15, 0.2) is 10.8 Å². The van der Waals surface area contributed by atoms with Gasteiger partial charge in [-0.2, -0.15) is 0 Å². The molecule has 0 unspecified atom stereocenters. The number of rotatable bonds is 7. The first kappa shape index (κ1) is 21.4. The Morgan fingerprint density at radius 2 is 1.88 bits per heavy atom. The molecule has 4 aromatic rings. The minimum Gasteiger partial charge on any atom is -0.497 e. The molecule has 0 saturated heterocycles. The lowest BCUT2D eigenvalue weighted by Crippen LogP contribution is -2.23. The van der Waals surface area contributed by atoms with Crippen molar-refractivity contribution in [3.8, 4) is 17.2 Å². The van der Waals surface area contributed by atoms with E-state index in [0.29, 0.717) is 39.1 Å². The van der Waals surface area contributed by atoms with Crippen molar-refractivity contribution in [3.05, 3.63) is 77.2 Å². The van der Waals surface area contributed by atoms with E-state index in [0.717, 1.165) is 11.8 Å². The first-order chi connectivity index (χ1) is 15.6. The van der Waals surface area contributed by atoms with Gasteiger partial charge in [-0.05, 0) is 36.4 Å². The Balaban J connectivity index is 1.63. The fourth-order valence-corrected chi connectivity index (χ4v) is 3.93. The summed E-state index contributed by atoms with van der Waals surface area (Å²) in [5, 5.41) is 3.61. The van der Waals surface area contributed by atoms with Crippen molar-refractivity contribution in [2.75, 3.05) is 25.3 Å². The third-order valence-corrected chi connectivity index (χ3v) is 5.58. The molecule has 2 heterocycles. The molecule has 0 aliphatic rings. The molecule has 9 heteroatoms. The Hall–Kier alpha value is -3.85. The number of methoxy groups -OCH3 is 2. The molecule has 0 fully saturated rings. The van der Waals surface area contributed by atoms with E-state index in [9.17, 15) is 9.59 Å². The number of para-hydroxylation sites is 1. The molecule has 4 rings (SSSR count). The Labute approximate surface area is 188 Å². The molecule has 8 nitrogen and oxygen atoms in total. The van der Waals surface area contributed by atoms with Gasteiger partial charge in [0.05, 0.1) is 36.7 Å². The van der Waals surface area contributed by atoms with Crippen LogP contribution in [0.2, 0.25) is 0 Å². The third kappa shape index (κ3) is 4.42. The van der Waals surface area contributed by atoms with Crippen LogP contribution in [0.5, 0.6) is 11.5 Å². The van der Waals surface area contributed by atoms with Crippen molar-refractivity contribution in [1.82, 2.24) is 14.5 Å². The largest absolute Gasteiger partial charge is 0.497 e. The molecule has 2 aromatic carbocycles. The van der Waals surface area contributed by atoms with Gasteiger partial charge < -0.3 is 14.8 Å². The SMILES string of the molecule is COc1ccc(OC)c(NC(=O)CSc2nc3ncccc3c(=O)n2-c2ccccc2)c1. The Morgan fingerprint density at radius 1 is 1.06 bits per heavy atom. The number of nitrogens with one attached hydrogen (secondary N) is 1. The zero-order chi connectivity index (χ0) is 22.5. The van der Waals surface area contributed by atoms with E-state index >= 15 is 0 Å². The standard InChI is InChI=1S/C23H20N4O4S/c1-30-16-10-11-19(31-2)18(13-16)25-20(28)14-32-23-26-21-17(9-6-12-24-21)22(29)27(23)15-7-4-3-5-8-15/h3-13H,14H2,1-2H3,(H,25,28). The maximum Gasteiger partial charge on any atom is 0.268 e. The van der Waals surface area contributed by atoms with Crippen molar-refractivity contribution in [3.63, 3.8) is 0 Å². The first-order valence-corrected chi connectivity index (χ1v) is 10.7. The lowest BCUT2D eigenvalue weighted by atomic mass is 10.2. The average molecular weight is 449 g/mol.